The van der Waals surface area contributed by atoms with Crippen LogP contribution in [0.1, 0.15) is 16.6 Å². The van der Waals surface area contributed by atoms with Crippen LogP contribution in [0, 0.1) is 0 Å². The number of hydrogen-bond acceptors (Lipinski definition) is 5. The van der Waals surface area contributed by atoms with E-state index in [1.54, 1.807) is 7.11 Å². The average Bonchev–Trinajstić information content (AvgIpc) is 2.86. The molecule has 2 aliphatic rings. The van der Waals surface area contributed by atoms with Crippen LogP contribution in [-0.2, 0) is 0 Å². The quantitative estimate of drug-likeness (QED) is 0.822. The third-order valence-corrected chi connectivity index (χ3v) is 5.79. The number of rotatable bonds is 2. The zero-order chi connectivity index (χ0) is 11.7. The molecule has 2 heterocycles. The van der Waals surface area contributed by atoms with Gasteiger partial charge in [0.15, 0.2) is 11.5 Å². The monoisotopic (exact) mass is 270 g/mol. The molecule has 1 aromatic rings. The van der Waals surface area contributed by atoms with Crippen LogP contribution in [0.25, 0.3) is 0 Å². The Morgan fingerprint density at radius 3 is 2.82 bits per heavy atom. The lowest BCUT2D eigenvalue weighted by Crippen LogP contribution is -2.02. The first-order valence-electron chi connectivity index (χ1n) is 5.60. The van der Waals surface area contributed by atoms with E-state index < -0.39 is 0 Å². The fourth-order valence-electron chi connectivity index (χ4n) is 2.03. The Balaban J connectivity index is 1.98. The molecule has 92 valence electrons. The van der Waals surface area contributed by atoms with Crippen LogP contribution < -0.4 is 14.2 Å². The van der Waals surface area contributed by atoms with E-state index >= 15 is 0 Å². The van der Waals surface area contributed by atoms with Crippen molar-refractivity contribution in [2.45, 2.75) is 11.0 Å². The van der Waals surface area contributed by atoms with E-state index in [0.29, 0.717) is 11.4 Å². The highest BCUT2D eigenvalue weighted by Crippen LogP contribution is 2.52. The third-order valence-electron chi connectivity index (χ3n) is 2.81. The predicted molar refractivity (Wildman–Crippen MR) is 71.4 cm³/mol. The molecule has 17 heavy (non-hydrogen) atoms. The zero-order valence-corrected chi connectivity index (χ0v) is 11.2. The third kappa shape index (κ3) is 2.06. The molecule has 3 nitrogen and oxygen atoms in total. The molecule has 0 spiro atoms. The summed E-state index contributed by atoms with van der Waals surface area (Å²) < 4.78 is 16.8. The molecule has 0 amide bonds. The summed E-state index contributed by atoms with van der Waals surface area (Å²) in [6, 6.07) is 4.08. The fourth-order valence-corrected chi connectivity index (χ4v) is 4.95. The van der Waals surface area contributed by atoms with E-state index in [0.717, 1.165) is 17.2 Å². The second kappa shape index (κ2) is 4.90. The number of ether oxygens (including phenoxy) is 3. The van der Waals surface area contributed by atoms with Gasteiger partial charge in [0.05, 0.1) is 11.7 Å². The summed E-state index contributed by atoms with van der Waals surface area (Å²) in [6.45, 7) is 0.292. The number of thioether (sulfide) groups is 2. The Labute approximate surface area is 109 Å². The highest BCUT2D eigenvalue weighted by molar-refractivity contribution is 8.16. The molecule has 0 aliphatic carbocycles. The fraction of sp³-hybridized carbons (Fsp3) is 0.500. The SMILES string of the molecule is COc1c(C2SCCCS2)ccc2c1OCO2. The maximum absolute atomic E-state index is 5.51. The largest absolute Gasteiger partial charge is 0.492 e. The minimum absolute atomic E-state index is 0.292. The van der Waals surface area contributed by atoms with Gasteiger partial charge in [0.1, 0.15) is 0 Å². The van der Waals surface area contributed by atoms with Gasteiger partial charge >= 0.3 is 0 Å². The van der Waals surface area contributed by atoms with E-state index in [2.05, 4.69) is 6.07 Å². The molecule has 0 aromatic heterocycles. The summed E-state index contributed by atoms with van der Waals surface area (Å²) in [5.41, 5.74) is 1.21. The maximum atomic E-state index is 5.51. The van der Waals surface area contributed by atoms with Crippen LogP contribution in [0.3, 0.4) is 0 Å². The van der Waals surface area contributed by atoms with Crippen molar-refractivity contribution in [3.8, 4) is 17.2 Å². The lowest BCUT2D eigenvalue weighted by atomic mass is 10.2. The Morgan fingerprint density at radius 1 is 1.24 bits per heavy atom. The van der Waals surface area contributed by atoms with Gasteiger partial charge in [0.25, 0.3) is 0 Å². The topological polar surface area (TPSA) is 27.7 Å². The van der Waals surface area contributed by atoms with Gasteiger partial charge in [-0.15, -0.1) is 23.5 Å². The molecule has 1 saturated heterocycles. The number of methoxy groups -OCH3 is 1. The van der Waals surface area contributed by atoms with Crippen LogP contribution >= 0.6 is 23.5 Å². The molecule has 1 aromatic carbocycles. The predicted octanol–water partition coefficient (Wildman–Crippen LogP) is 3.29. The molecule has 0 saturated carbocycles. The smallest absolute Gasteiger partial charge is 0.231 e. The van der Waals surface area contributed by atoms with Gasteiger partial charge in [-0.05, 0) is 30.1 Å². The van der Waals surface area contributed by atoms with Crippen molar-refractivity contribution in [1.29, 1.82) is 0 Å². The van der Waals surface area contributed by atoms with Gasteiger partial charge < -0.3 is 14.2 Å². The Hall–Kier alpha value is -0.680. The molecule has 1 fully saturated rings. The Morgan fingerprint density at radius 2 is 2.06 bits per heavy atom. The summed E-state index contributed by atoms with van der Waals surface area (Å²) >= 11 is 3.96. The summed E-state index contributed by atoms with van der Waals surface area (Å²) in [5, 5.41) is 0. The first-order valence-corrected chi connectivity index (χ1v) is 7.69. The minimum Gasteiger partial charge on any atom is -0.492 e. The van der Waals surface area contributed by atoms with Crippen molar-refractivity contribution in [1.82, 2.24) is 0 Å². The minimum atomic E-state index is 0.292. The van der Waals surface area contributed by atoms with E-state index in [9.17, 15) is 0 Å². The summed E-state index contributed by atoms with van der Waals surface area (Å²) in [6.07, 6.45) is 1.29. The van der Waals surface area contributed by atoms with Crippen LogP contribution in [0.2, 0.25) is 0 Å². The summed E-state index contributed by atoms with van der Waals surface area (Å²) in [5.74, 6) is 4.82. The highest BCUT2D eigenvalue weighted by Gasteiger charge is 2.27. The normalized spacial score (nSPS) is 19.4. The second-order valence-electron chi connectivity index (χ2n) is 3.85. The Kier molecular flexibility index (Phi) is 3.29. The van der Waals surface area contributed by atoms with Gasteiger partial charge in [-0.3, -0.25) is 0 Å². The lowest BCUT2D eigenvalue weighted by molar-refractivity contribution is 0.171. The highest BCUT2D eigenvalue weighted by atomic mass is 32.2. The van der Waals surface area contributed by atoms with Crippen LogP contribution in [0.4, 0.5) is 0 Å². The number of hydrogen-bond donors (Lipinski definition) is 0. The standard InChI is InChI=1S/C12H14O3S2/c1-13-10-8(12-16-5-2-6-17-12)3-4-9-11(10)15-7-14-9/h3-4,12H,2,5-7H2,1H3. The number of benzene rings is 1. The molecule has 3 rings (SSSR count). The molecule has 2 aliphatic heterocycles. The van der Waals surface area contributed by atoms with Crippen molar-refractivity contribution < 1.29 is 14.2 Å². The average molecular weight is 270 g/mol. The summed E-state index contributed by atoms with van der Waals surface area (Å²) in [7, 11) is 1.69. The second-order valence-corrected chi connectivity index (χ2v) is 6.57. The molecule has 0 bridgehead atoms. The molecular formula is C12H14O3S2. The molecule has 0 N–H and O–H groups in total. The van der Waals surface area contributed by atoms with Gasteiger partial charge in [0.2, 0.25) is 12.5 Å². The maximum Gasteiger partial charge on any atom is 0.231 e. The van der Waals surface area contributed by atoms with Crippen LogP contribution in [0.15, 0.2) is 12.1 Å². The summed E-state index contributed by atoms with van der Waals surface area (Å²) in [4.78, 5) is 0. The van der Waals surface area contributed by atoms with Gasteiger partial charge in [0, 0.05) is 5.56 Å². The van der Waals surface area contributed by atoms with Gasteiger partial charge in [-0.25, -0.2) is 0 Å². The van der Waals surface area contributed by atoms with Gasteiger partial charge in [-0.1, -0.05) is 0 Å². The first kappa shape index (κ1) is 11.4. The zero-order valence-electron chi connectivity index (χ0n) is 9.60. The van der Waals surface area contributed by atoms with Crippen molar-refractivity contribution in [3.05, 3.63) is 17.7 Å². The van der Waals surface area contributed by atoms with Crippen molar-refractivity contribution >= 4 is 23.5 Å². The van der Waals surface area contributed by atoms with Crippen LogP contribution in [0.5, 0.6) is 17.2 Å². The Bertz CT molecular complexity index is 416. The first-order chi connectivity index (χ1) is 8.40. The van der Waals surface area contributed by atoms with Crippen molar-refractivity contribution in [2.24, 2.45) is 0 Å². The van der Waals surface area contributed by atoms with E-state index in [-0.39, 0.29) is 0 Å². The molecular weight excluding hydrogens is 256 g/mol. The molecule has 0 unspecified atom stereocenters. The van der Waals surface area contributed by atoms with E-state index in [4.69, 9.17) is 14.2 Å². The molecule has 0 atom stereocenters. The van der Waals surface area contributed by atoms with Gasteiger partial charge in [-0.2, -0.15) is 0 Å². The number of fused-ring (bicyclic) bond motifs is 1. The molecule has 0 radical (unpaired) electrons. The molecule has 5 heteroatoms. The van der Waals surface area contributed by atoms with E-state index in [1.165, 1.54) is 23.5 Å². The van der Waals surface area contributed by atoms with Crippen molar-refractivity contribution in [3.63, 3.8) is 0 Å². The van der Waals surface area contributed by atoms with Crippen molar-refractivity contribution in [2.75, 3.05) is 25.4 Å². The van der Waals surface area contributed by atoms with Crippen LogP contribution in [-0.4, -0.2) is 25.4 Å². The lowest BCUT2D eigenvalue weighted by Gasteiger charge is -2.23. The van der Waals surface area contributed by atoms with E-state index in [1.807, 2.05) is 29.6 Å².